The van der Waals surface area contributed by atoms with Crippen molar-refractivity contribution in [3.8, 4) is 11.3 Å². The Hall–Kier alpha value is -2.44. The van der Waals surface area contributed by atoms with Gasteiger partial charge in [0.05, 0.1) is 10.3 Å². The molecule has 1 saturated heterocycles. The van der Waals surface area contributed by atoms with Crippen LogP contribution in [0.25, 0.3) is 28.3 Å². The van der Waals surface area contributed by atoms with Crippen LogP contribution in [-0.4, -0.2) is 15.4 Å². The highest BCUT2D eigenvalue weighted by molar-refractivity contribution is 8.26. The van der Waals surface area contributed by atoms with E-state index in [0.717, 1.165) is 27.8 Å². The molecule has 1 fully saturated rings. The maximum absolute atomic E-state index is 11.8. The molecule has 3 aromatic rings. The van der Waals surface area contributed by atoms with Crippen molar-refractivity contribution >= 4 is 51.2 Å². The zero-order valence-corrected chi connectivity index (χ0v) is 14.3. The van der Waals surface area contributed by atoms with E-state index in [1.54, 1.807) is 0 Å². The van der Waals surface area contributed by atoms with Gasteiger partial charge in [-0.05, 0) is 30.7 Å². The van der Waals surface area contributed by atoms with Crippen LogP contribution in [0.4, 0.5) is 0 Å². The number of amides is 1. The van der Waals surface area contributed by atoms with Gasteiger partial charge in [0.15, 0.2) is 5.76 Å². The maximum atomic E-state index is 11.8. The van der Waals surface area contributed by atoms with Crippen LogP contribution in [0.2, 0.25) is 0 Å². The molecular formula is C18H12N2O2S2. The summed E-state index contributed by atoms with van der Waals surface area (Å²) in [6.07, 6.45) is 1.82. The van der Waals surface area contributed by atoms with Crippen molar-refractivity contribution in [1.29, 1.82) is 0 Å². The summed E-state index contributed by atoms with van der Waals surface area (Å²) in [6.45, 7) is 2.04. The average molecular weight is 352 g/mol. The monoisotopic (exact) mass is 352 g/mol. The van der Waals surface area contributed by atoms with Crippen LogP contribution in [0.3, 0.4) is 0 Å². The molecule has 0 radical (unpaired) electrons. The Labute approximate surface area is 147 Å². The van der Waals surface area contributed by atoms with Gasteiger partial charge < -0.3 is 9.84 Å². The Morgan fingerprint density at radius 1 is 1.21 bits per heavy atom. The first-order chi connectivity index (χ1) is 11.6. The van der Waals surface area contributed by atoms with Gasteiger partial charge in [0.2, 0.25) is 0 Å². The van der Waals surface area contributed by atoms with Crippen LogP contribution in [0.1, 0.15) is 11.1 Å². The van der Waals surface area contributed by atoms with Crippen LogP contribution in [0.15, 0.2) is 51.9 Å². The Morgan fingerprint density at radius 3 is 2.71 bits per heavy atom. The number of thioether (sulfide) groups is 1. The fourth-order valence-corrected chi connectivity index (χ4v) is 3.58. The summed E-state index contributed by atoms with van der Waals surface area (Å²) in [5.74, 6) is 0.568. The van der Waals surface area contributed by atoms with Crippen molar-refractivity contribution in [1.82, 2.24) is 10.5 Å². The van der Waals surface area contributed by atoms with E-state index in [0.29, 0.717) is 9.23 Å². The van der Waals surface area contributed by atoms with Gasteiger partial charge in [-0.3, -0.25) is 4.79 Å². The SMILES string of the molecule is Cc1ccc(-c2onc3ccc(/C=C4/SC(=S)NC4=O)cc23)cc1. The molecule has 1 aliphatic heterocycles. The molecular weight excluding hydrogens is 340 g/mol. The molecule has 0 unspecified atom stereocenters. The largest absolute Gasteiger partial charge is 0.355 e. The Balaban J connectivity index is 1.79. The first kappa shape index (κ1) is 15.1. The standard InChI is InChI=1S/C18H12N2O2S2/c1-10-2-5-12(6-3-10)16-13-8-11(4-7-14(13)20-22-16)9-15-17(21)19-18(23)24-15/h2-9H,1H3,(H,19,21,23)/b15-9+. The molecule has 0 spiro atoms. The Morgan fingerprint density at radius 2 is 2.00 bits per heavy atom. The third kappa shape index (κ3) is 2.74. The number of aromatic nitrogens is 1. The van der Waals surface area contributed by atoms with Crippen molar-refractivity contribution in [2.75, 3.05) is 0 Å². The molecule has 0 aliphatic carbocycles. The number of nitrogens with one attached hydrogen (secondary N) is 1. The lowest BCUT2D eigenvalue weighted by Crippen LogP contribution is -2.17. The summed E-state index contributed by atoms with van der Waals surface area (Å²) in [5.41, 5.74) is 3.85. The summed E-state index contributed by atoms with van der Waals surface area (Å²) in [5, 5.41) is 7.65. The summed E-state index contributed by atoms with van der Waals surface area (Å²) >= 11 is 6.28. The number of carbonyl (C=O) groups excluding carboxylic acids is 1. The summed E-state index contributed by atoms with van der Waals surface area (Å²) in [7, 11) is 0. The predicted octanol–water partition coefficient (Wildman–Crippen LogP) is 4.29. The summed E-state index contributed by atoms with van der Waals surface area (Å²) in [6, 6.07) is 13.9. The first-order valence-corrected chi connectivity index (χ1v) is 8.54. The van der Waals surface area contributed by atoms with E-state index in [-0.39, 0.29) is 5.91 Å². The van der Waals surface area contributed by atoms with Gasteiger partial charge in [-0.1, -0.05) is 65.0 Å². The maximum Gasteiger partial charge on any atom is 0.263 e. The number of hydrogen-bond acceptors (Lipinski definition) is 5. The zero-order valence-electron chi connectivity index (χ0n) is 12.7. The lowest BCUT2D eigenvalue weighted by molar-refractivity contribution is -0.115. The highest BCUT2D eigenvalue weighted by Gasteiger charge is 2.22. The normalized spacial score (nSPS) is 16.1. The van der Waals surface area contributed by atoms with Crippen molar-refractivity contribution in [3.05, 3.63) is 58.5 Å². The van der Waals surface area contributed by atoms with Gasteiger partial charge in [-0.25, -0.2) is 0 Å². The fraction of sp³-hybridized carbons (Fsp3) is 0.0556. The number of rotatable bonds is 2. The molecule has 2 aromatic carbocycles. The average Bonchev–Trinajstić information content (AvgIpc) is 3.11. The molecule has 4 nitrogen and oxygen atoms in total. The van der Waals surface area contributed by atoms with Gasteiger partial charge in [-0.15, -0.1) is 0 Å². The lowest BCUT2D eigenvalue weighted by atomic mass is 10.0. The molecule has 1 aromatic heterocycles. The number of aryl methyl sites for hydroxylation is 1. The Bertz CT molecular complexity index is 1000. The Kier molecular flexibility index (Phi) is 3.70. The molecule has 2 heterocycles. The minimum atomic E-state index is -0.158. The van der Waals surface area contributed by atoms with E-state index < -0.39 is 0 Å². The van der Waals surface area contributed by atoms with E-state index in [9.17, 15) is 4.79 Å². The molecule has 118 valence electrons. The number of thiocarbonyl (C=S) groups is 1. The molecule has 24 heavy (non-hydrogen) atoms. The minimum Gasteiger partial charge on any atom is -0.355 e. The second-order valence-electron chi connectivity index (χ2n) is 5.51. The minimum absolute atomic E-state index is 0.158. The molecule has 6 heteroatoms. The van der Waals surface area contributed by atoms with Crippen LogP contribution >= 0.6 is 24.0 Å². The van der Waals surface area contributed by atoms with E-state index in [1.165, 1.54) is 17.3 Å². The van der Waals surface area contributed by atoms with Crippen LogP contribution in [0, 0.1) is 6.92 Å². The number of carbonyl (C=O) groups is 1. The van der Waals surface area contributed by atoms with Crippen molar-refractivity contribution in [2.24, 2.45) is 0 Å². The fourth-order valence-electron chi connectivity index (χ4n) is 2.53. The molecule has 0 saturated carbocycles. The molecule has 0 bridgehead atoms. The number of nitrogens with zero attached hydrogens (tertiary/aromatic N) is 1. The van der Waals surface area contributed by atoms with Crippen molar-refractivity contribution in [3.63, 3.8) is 0 Å². The summed E-state index contributed by atoms with van der Waals surface area (Å²) in [4.78, 5) is 12.4. The number of fused-ring (bicyclic) bond motifs is 1. The van der Waals surface area contributed by atoms with Gasteiger partial charge in [0.1, 0.15) is 9.84 Å². The number of benzene rings is 2. The molecule has 0 atom stereocenters. The smallest absolute Gasteiger partial charge is 0.263 e. The van der Waals surface area contributed by atoms with Gasteiger partial charge in [0, 0.05) is 5.56 Å². The second-order valence-corrected chi connectivity index (χ2v) is 7.23. The van der Waals surface area contributed by atoms with Crippen LogP contribution < -0.4 is 5.32 Å². The lowest BCUT2D eigenvalue weighted by Gasteiger charge is -1.99. The predicted molar refractivity (Wildman–Crippen MR) is 100 cm³/mol. The molecule has 1 amide bonds. The number of hydrogen-bond donors (Lipinski definition) is 1. The molecule has 1 N–H and O–H groups in total. The van der Waals surface area contributed by atoms with Gasteiger partial charge in [-0.2, -0.15) is 0 Å². The quantitative estimate of drug-likeness (QED) is 0.551. The van der Waals surface area contributed by atoms with Crippen molar-refractivity contribution in [2.45, 2.75) is 6.92 Å². The summed E-state index contributed by atoms with van der Waals surface area (Å²) < 4.78 is 6.01. The topological polar surface area (TPSA) is 55.1 Å². The van der Waals surface area contributed by atoms with E-state index in [1.807, 2.05) is 55.5 Å². The molecule has 4 rings (SSSR count). The highest BCUT2D eigenvalue weighted by Crippen LogP contribution is 2.31. The van der Waals surface area contributed by atoms with Crippen LogP contribution in [-0.2, 0) is 4.79 Å². The van der Waals surface area contributed by atoms with E-state index in [4.69, 9.17) is 16.7 Å². The van der Waals surface area contributed by atoms with Gasteiger partial charge >= 0.3 is 0 Å². The van der Waals surface area contributed by atoms with Crippen molar-refractivity contribution < 1.29 is 9.32 Å². The zero-order chi connectivity index (χ0) is 16.7. The highest BCUT2D eigenvalue weighted by atomic mass is 32.2. The van der Waals surface area contributed by atoms with Gasteiger partial charge in [0.25, 0.3) is 5.91 Å². The van der Waals surface area contributed by atoms with E-state index in [2.05, 4.69) is 10.5 Å². The first-order valence-electron chi connectivity index (χ1n) is 7.31. The third-order valence-electron chi connectivity index (χ3n) is 3.75. The third-order valence-corrected chi connectivity index (χ3v) is 4.92. The second kappa shape index (κ2) is 5.89. The van der Waals surface area contributed by atoms with Crippen LogP contribution in [0.5, 0.6) is 0 Å². The molecule has 1 aliphatic rings. The van der Waals surface area contributed by atoms with E-state index >= 15 is 0 Å².